The van der Waals surface area contributed by atoms with Gasteiger partial charge in [0.2, 0.25) is 0 Å². The third-order valence-corrected chi connectivity index (χ3v) is 4.03. The summed E-state index contributed by atoms with van der Waals surface area (Å²) in [5.74, 6) is -1.70. The van der Waals surface area contributed by atoms with Gasteiger partial charge in [-0.1, -0.05) is 30.3 Å². The fraction of sp³-hybridized carbons (Fsp3) is 0.222. The highest BCUT2D eigenvalue weighted by atomic mass is 19.1. The van der Waals surface area contributed by atoms with Gasteiger partial charge in [-0.2, -0.15) is 0 Å². The first-order chi connectivity index (χ1) is 12.0. The first kappa shape index (κ1) is 16.8. The second-order valence-corrected chi connectivity index (χ2v) is 5.64. The Labute approximate surface area is 143 Å². The van der Waals surface area contributed by atoms with E-state index >= 15 is 0 Å². The first-order valence-corrected chi connectivity index (χ1v) is 7.66. The standard InChI is InChI=1S/C18H16FNO5/c19-13-6-7-15-14(10-13)18(16(21)22,8-9-24-15)20-17(23)25-11-12-4-2-1-3-5-12/h1-7,10H,8-9,11H2,(H,20,23)(H,21,22). The number of nitrogens with one attached hydrogen (secondary N) is 1. The Balaban J connectivity index is 1.81. The van der Waals surface area contributed by atoms with Gasteiger partial charge in [-0.3, -0.25) is 0 Å². The van der Waals surface area contributed by atoms with Crippen LogP contribution >= 0.6 is 0 Å². The number of rotatable bonds is 4. The molecule has 0 aliphatic carbocycles. The summed E-state index contributed by atoms with van der Waals surface area (Å²) in [4.78, 5) is 24.1. The zero-order valence-corrected chi connectivity index (χ0v) is 13.2. The molecular formula is C18H16FNO5. The van der Waals surface area contributed by atoms with Crippen molar-refractivity contribution in [1.29, 1.82) is 0 Å². The molecule has 1 amide bonds. The molecule has 0 spiro atoms. The van der Waals surface area contributed by atoms with Crippen LogP contribution in [0, 0.1) is 5.82 Å². The van der Waals surface area contributed by atoms with Gasteiger partial charge in [0.25, 0.3) is 0 Å². The summed E-state index contributed by atoms with van der Waals surface area (Å²) < 4.78 is 24.1. The number of alkyl carbamates (subject to hydrolysis) is 1. The molecule has 25 heavy (non-hydrogen) atoms. The van der Waals surface area contributed by atoms with Crippen molar-refractivity contribution >= 4 is 12.1 Å². The van der Waals surface area contributed by atoms with E-state index in [4.69, 9.17) is 9.47 Å². The number of ether oxygens (including phenoxy) is 2. The van der Waals surface area contributed by atoms with Gasteiger partial charge in [0, 0.05) is 12.0 Å². The maximum Gasteiger partial charge on any atom is 0.408 e. The largest absolute Gasteiger partial charge is 0.493 e. The minimum atomic E-state index is -1.80. The SMILES string of the molecule is O=C(NC1(C(=O)O)CCOc2ccc(F)cc21)OCc1ccccc1. The Morgan fingerprint density at radius 1 is 1.24 bits per heavy atom. The molecule has 0 aromatic heterocycles. The number of hydrogen-bond donors (Lipinski definition) is 2. The van der Waals surface area contributed by atoms with Crippen molar-refractivity contribution in [2.45, 2.75) is 18.6 Å². The zero-order valence-electron chi connectivity index (χ0n) is 13.2. The van der Waals surface area contributed by atoms with E-state index in [1.54, 1.807) is 24.3 Å². The average Bonchev–Trinajstić information content (AvgIpc) is 2.61. The van der Waals surface area contributed by atoms with E-state index in [1.165, 1.54) is 12.1 Å². The van der Waals surface area contributed by atoms with Crippen LogP contribution in [0.3, 0.4) is 0 Å². The number of amides is 1. The summed E-state index contributed by atoms with van der Waals surface area (Å²) in [5, 5.41) is 12.1. The monoisotopic (exact) mass is 345 g/mol. The number of hydrogen-bond acceptors (Lipinski definition) is 4. The molecular weight excluding hydrogens is 329 g/mol. The van der Waals surface area contributed by atoms with Gasteiger partial charge in [-0.15, -0.1) is 0 Å². The minimum absolute atomic E-state index is 0.00508. The maximum absolute atomic E-state index is 13.6. The van der Waals surface area contributed by atoms with E-state index in [1.807, 2.05) is 6.07 Å². The van der Waals surface area contributed by atoms with Crippen molar-refractivity contribution in [3.63, 3.8) is 0 Å². The summed E-state index contributed by atoms with van der Waals surface area (Å²) in [5.41, 5.74) is -0.980. The van der Waals surface area contributed by atoms with Gasteiger partial charge in [0.05, 0.1) is 6.61 Å². The lowest BCUT2D eigenvalue weighted by molar-refractivity contribution is -0.146. The van der Waals surface area contributed by atoms with Crippen LogP contribution in [0.1, 0.15) is 17.5 Å². The number of carbonyl (C=O) groups excluding carboxylic acids is 1. The highest BCUT2D eigenvalue weighted by Crippen LogP contribution is 2.38. The Hall–Kier alpha value is -3.09. The van der Waals surface area contributed by atoms with Crippen molar-refractivity contribution in [3.8, 4) is 5.75 Å². The number of halogens is 1. The van der Waals surface area contributed by atoms with Crippen LogP contribution in [0.5, 0.6) is 5.75 Å². The van der Waals surface area contributed by atoms with Crippen LogP contribution in [0.15, 0.2) is 48.5 Å². The summed E-state index contributed by atoms with van der Waals surface area (Å²) in [6, 6.07) is 12.6. The van der Waals surface area contributed by atoms with E-state index < -0.39 is 23.4 Å². The summed E-state index contributed by atoms with van der Waals surface area (Å²) in [6.45, 7) is 0.0682. The van der Waals surface area contributed by atoms with Gasteiger partial charge < -0.3 is 19.9 Å². The van der Waals surface area contributed by atoms with Gasteiger partial charge in [-0.05, 0) is 23.8 Å². The molecule has 0 saturated heterocycles. The van der Waals surface area contributed by atoms with E-state index in [0.29, 0.717) is 0 Å². The van der Waals surface area contributed by atoms with Gasteiger partial charge >= 0.3 is 12.1 Å². The molecule has 2 aromatic carbocycles. The van der Waals surface area contributed by atoms with Gasteiger partial charge in [-0.25, -0.2) is 14.0 Å². The van der Waals surface area contributed by atoms with Gasteiger partial charge in [0.15, 0.2) is 5.54 Å². The third kappa shape index (κ3) is 3.40. The predicted molar refractivity (Wildman–Crippen MR) is 85.6 cm³/mol. The topological polar surface area (TPSA) is 84.9 Å². The molecule has 1 aliphatic rings. The van der Waals surface area contributed by atoms with Crippen LogP contribution in [-0.2, 0) is 21.7 Å². The number of aliphatic carboxylic acids is 1. The summed E-state index contributed by atoms with van der Waals surface area (Å²) >= 11 is 0. The van der Waals surface area contributed by atoms with Crippen LogP contribution in [0.2, 0.25) is 0 Å². The van der Waals surface area contributed by atoms with Gasteiger partial charge in [0.1, 0.15) is 18.2 Å². The second-order valence-electron chi connectivity index (χ2n) is 5.64. The molecule has 7 heteroatoms. The van der Waals surface area contributed by atoms with Crippen molar-refractivity contribution in [2.24, 2.45) is 0 Å². The maximum atomic E-state index is 13.6. The van der Waals surface area contributed by atoms with Crippen molar-refractivity contribution in [3.05, 3.63) is 65.5 Å². The molecule has 0 fully saturated rings. The molecule has 1 unspecified atom stereocenters. The fourth-order valence-corrected chi connectivity index (χ4v) is 2.75. The molecule has 0 bridgehead atoms. The Bertz CT molecular complexity index is 795. The Morgan fingerprint density at radius 2 is 2.00 bits per heavy atom. The molecule has 6 nitrogen and oxygen atoms in total. The first-order valence-electron chi connectivity index (χ1n) is 7.66. The molecule has 2 aromatic rings. The average molecular weight is 345 g/mol. The quantitative estimate of drug-likeness (QED) is 0.890. The van der Waals surface area contributed by atoms with Crippen LogP contribution < -0.4 is 10.1 Å². The zero-order chi connectivity index (χ0) is 17.9. The van der Waals surface area contributed by atoms with Crippen LogP contribution in [0.4, 0.5) is 9.18 Å². The van der Waals surface area contributed by atoms with Crippen LogP contribution in [-0.4, -0.2) is 23.8 Å². The summed E-state index contributed by atoms with van der Waals surface area (Å²) in [7, 11) is 0. The van der Waals surface area contributed by atoms with E-state index in [2.05, 4.69) is 5.32 Å². The second kappa shape index (κ2) is 6.80. The number of carboxylic acids is 1. The minimum Gasteiger partial charge on any atom is -0.493 e. The lowest BCUT2D eigenvalue weighted by Crippen LogP contribution is -2.54. The van der Waals surface area contributed by atoms with E-state index in [9.17, 15) is 19.1 Å². The number of carbonyl (C=O) groups is 2. The fourth-order valence-electron chi connectivity index (χ4n) is 2.75. The lowest BCUT2D eigenvalue weighted by atomic mass is 9.84. The third-order valence-electron chi connectivity index (χ3n) is 4.03. The van der Waals surface area contributed by atoms with E-state index in [0.717, 1.165) is 11.6 Å². The Morgan fingerprint density at radius 3 is 2.72 bits per heavy atom. The molecule has 130 valence electrons. The number of benzene rings is 2. The smallest absolute Gasteiger partial charge is 0.408 e. The normalized spacial score (nSPS) is 18.6. The Kier molecular flexibility index (Phi) is 4.56. The van der Waals surface area contributed by atoms with E-state index in [-0.39, 0.29) is 30.9 Å². The predicted octanol–water partition coefficient (Wildman–Crippen LogP) is 2.81. The number of carboxylic acid groups (broad SMARTS) is 1. The molecule has 0 radical (unpaired) electrons. The van der Waals surface area contributed by atoms with Crippen molar-refractivity contribution in [1.82, 2.24) is 5.32 Å². The summed E-state index contributed by atoms with van der Waals surface area (Å²) in [6.07, 6.45) is -0.942. The highest BCUT2D eigenvalue weighted by Gasteiger charge is 2.47. The molecule has 0 saturated carbocycles. The van der Waals surface area contributed by atoms with Crippen molar-refractivity contribution < 1.29 is 28.6 Å². The number of fused-ring (bicyclic) bond motifs is 1. The lowest BCUT2D eigenvalue weighted by Gasteiger charge is -2.35. The molecule has 2 N–H and O–H groups in total. The molecule has 1 heterocycles. The van der Waals surface area contributed by atoms with Crippen molar-refractivity contribution in [2.75, 3.05) is 6.61 Å². The molecule has 3 rings (SSSR count). The van der Waals surface area contributed by atoms with Crippen LogP contribution in [0.25, 0.3) is 0 Å². The molecule has 1 aliphatic heterocycles. The molecule has 1 atom stereocenters. The highest BCUT2D eigenvalue weighted by molar-refractivity contribution is 5.87.